The van der Waals surface area contributed by atoms with Gasteiger partial charge in [-0.3, -0.25) is 0 Å². The van der Waals surface area contributed by atoms with Crippen LogP contribution in [0.5, 0.6) is 11.5 Å². The predicted molar refractivity (Wildman–Crippen MR) is 199 cm³/mol. The first-order valence-electron chi connectivity index (χ1n) is 16.5. The summed E-state index contributed by atoms with van der Waals surface area (Å²) in [5.41, 5.74) is 12.0. The maximum Gasteiger partial charge on any atom is 0.160 e. The van der Waals surface area contributed by atoms with E-state index in [0.29, 0.717) is 0 Å². The maximum atomic E-state index is 6.66. The van der Waals surface area contributed by atoms with Gasteiger partial charge in [0, 0.05) is 27.1 Å². The molecular formula is C45H28N2OS. The molecule has 0 amide bonds. The second kappa shape index (κ2) is 11.0. The van der Waals surface area contributed by atoms with Crippen molar-refractivity contribution in [2.75, 3.05) is 0 Å². The lowest BCUT2D eigenvalue weighted by Crippen LogP contribution is -2.32. The molecule has 230 valence electrons. The topological polar surface area (TPSA) is 35.0 Å². The molecule has 8 aromatic rings. The Morgan fingerprint density at radius 1 is 0.408 bits per heavy atom. The molecule has 3 heterocycles. The Morgan fingerprint density at radius 3 is 1.71 bits per heavy atom. The number of ether oxygens (including phenoxy) is 1. The molecule has 49 heavy (non-hydrogen) atoms. The van der Waals surface area contributed by atoms with Crippen LogP contribution < -0.4 is 4.74 Å². The Labute approximate surface area is 288 Å². The van der Waals surface area contributed by atoms with E-state index < -0.39 is 5.41 Å². The molecule has 0 bridgehead atoms. The Kier molecular flexibility index (Phi) is 6.27. The molecule has 0 atom stereocenters. The van der Waals surface area contributed by atoms with Gasteiger partial charge in [0.05, 0.1) is 21.7 Å². The summed E-state index contributed by atoms with van der Waals surface area (Å²) in [5, 5.41) is 0. The SMILES string of the molecule is c1ccc(-c2cc(-c3ccc(-c4ccc5c(c4)C4(c6ccccc6O5)c5ccccc5-c5ccccc54)s3)nc(-c3ccccc3)n2)cc1. The first-order valence-corrected chi connectivity index (χ1v) is 17.3. The van der Waals surface area contributed by atoms with E-state index in [1.807, 2.05) is 24.3 Å². The monoisotopic (exact) mass is 644 g/mol. The molecule has 10 rings (SSSR count). The molecule has 3 nitrogen and oxygen atoms in total. The first kappa shape index (κ1) is 28.0. The molecule has 0 saturated heterocycles. The van der Waals surface area contributed by atoms with E-state index in [1.54, 1.807) is 11.3 Å². The normalized spacial score (nSPS) is 13.2. The standard InChI is InChI=1S/C45H28N2OS/c1-3-13-29(14-4-1)38-28-39(47-44(46-38)30-15-5-2-6-16-30)43-26-25-42(49-43)31-23-24-41-37(27-31)45(36-21-11-12-22-40(36)48-41)34-19-9-7-17-32(34)33-18-8-10-20-35(33)45/h1-28H. The van der Waals surface area contributed by atoms with Crippen molar-refractivity contribution in [2.24, 2.45) is 0 Å². The fourth-order valence-electron chi connectivity index (χ4n) is 7.69. The number of hydrogen-bond donors (Lipinski definition) is 0. The van der Waals surface area contributed by atoms with Crippen molar-refractivity contribution in [3.05, 3.63) is 192 Å². The molecule has 0 saturated carbocycles. The van der Waals surface area contributed by atoms with Crippen molar-refractivity contribution in [3.8, 4) is 66.3 Å². The van der Waals surface area contributed by atoms with Gasteiger partial charge in [-0.2, -0.15) is 0 Å². The van der Waals surface area contributed by atoms with Gasteiger partial charge in [-0.25, -0.2) is 9.97 Å². The smallest absolute Gasteiger partial charge is 0.160 e. The highest BCUT2D eigenvalue weighted by molar-refractivity contribution is 7.18. The largest absolute Gasteiger partial charge is 0.457 e. The summed E-state index contributed by atoms with van der Waals surface area (Å²) in [7, 11) is 0. The van der Waals surface area contributed by atoms with E-state index in [1.165, 1.54) is 32.7 Å². The summed E-state index contributed by atoms with van der Waals surface area (Å²) < 4.78 is 6.66. The van der Waals surface area contributed by atoms with Crippen molar-refractivity contribution in [1.29, 1.82) is 0 Å². The number of aromatic nitrogens is 2. The summed E-state index contributed by atoms with van der Waals surface area (Å²) in [5.74, 6) is 2.51. The number of benzene rings is 6. The molecule has 0 N–H and O–H groups in total. The van der Waals surface area contributed by atoms with Gasteiger partial charge >= 0.3 is 0 Å². The van der Waals surface area contributed by atoms with Crippen molar-refractivity contribution >= 4 is 11.3 Å². The van der Waals surface area contributed by atoms with Gasteiger partial charge in [-0.15, -0.1) is 11.3 Å². The number of para-hydroxylation sites is 1. The number of hydrogen-bond acceptors (Lipinski definition) is 4. The van der Waals surface area contributed by atoms with Gasteiger partial charge in [0.1, 0.15) is 11.5 Å². The second-order valence-electron chi connectivity index (χ2n) is 12.5. The minimum atomic E-state index is -0.491. The average Bonchev–Trinajstić information content (AvgIpc) is 3.79. The fourth-order valence-corrected chi connectivity index (χ4v) is 8.65. The zero-order valence-corrected chi connectivity index (χ0v) is 27.2. The first-order chi connectivity index (χ1) is 24.3. The summed E-state index contributed by atoms with van der Waals surface area (Å²) in [6.07, 6.45) is 0. The molecule has 0 radical (unpaired) electrons. The van der Waals surface area contributed by atoms with Gasteiger partial charge in [0.15, 0.2) is 5.82 Å². The van der Waals surface area contributed by atoms with Gasteiger partial charge in [-0.1, -0.05) is 127 Å². The van der Waals surface area contributed by atoms with E-state index in [0.717, 1.165) is 55.8 Å². The van der Waals surface area contributed by atoms with Crippen LogP contribution in [0.2, 0.25) is 0 Å². The molecule has 0 fully saturated rings. The minimum absolute atomic E-state index is 0.491. The fraction of sp³-hybridized carbons (Fsp3) is 0.0222. The Balaban J connectivity index is 1.14. The average molecular weight is 645 g/mol. The van der Waals surface area contributed by atoms with Crippen LogP contribution in [0.1, 0.15) is 22.3 Å². The summed E-state index contributed by atoms with van der Waals surface area (Å²) >= 11 is 1.75. The van der Waals surface area contributed by atoms with Gasteiger partial charge < -0.3 is 4.74 Å². The second-order valence-corrected chi connectivity index (χ2v) is 13.6. The van der Waals surface area contributed by atoms with Crippen LogP contribution in [0.4, 0.5) is 0 Å². The lowest BCUT2D eigenvalue weighted by atomic mass is 9.66. The van der Waals surface area contributed by atoms with E-state index in [9.17, 15) is 0 Å². The van der Waals surface area contributed by atoms with Crippen molar-refractivity contribution in [1.82, 2.24) is 9.97 Å². The van der Waals surface area contributed by atoms with Crippen LogP contribution in [-0.2, 0) is 5.41 Å². The van der Waals surface area contributed by atoms with E-state index >= 15 is 0 Å². The molecule has 2 aliphatic rings. The lowest BCUT2D eigenvalue weighted by Gasteiger charge is -2.39. The van der Waals surface area contributed by atoms with Crippen LogP contribution in [0.15, 0.2) is 170 Å². The summed E-state index contributed by atoms with van der Waals surface area (Å²) in [6.45, 7) is 0. The highest BCUT2D eigenvalue weighted by Crippen LogP contribution is 2.62. The van der Waals surface area contributed by atoms with Crippen LogP contribution in [0, 0.1) is 0 Å². The molecule has 6 aromatic carbocycles. The molecule has 1 aliphatic heterocycles. The Morgan fingerprint density at radius 2 is 0.980 bits per heavy atom. The third-order valence-electron chi connectivity index (χ3n) is 9.82. The maximum absolute atomic E-state index is 6.66. The highest BCUT2D eigenvalue weighted by Gasteiger charge is 2.51. The van der Waals surface area contributed by atoms with E-state index in [2.05, 4.69) is 146 Å². The Hall–Kier alpha value is -6.10. The lowest BCUT2D eigenvalue weighted by molar-refractivity contribution is 0.436. The van der Waals surface area contributed by atoms with E-state index in [4.69, 9.17) is 14.7 Å². The van der Waals surface area contributed by atoms with Crippen LogP contribution >= 0.6 is 11.3 Å². The van der Waals surface area contributed by atoms with Gasteiger partial charge in [0.2, 0.25) is 0 Å². The van der Waals surface area contributed by atoms with Gasteiger partial charge in [-0.05, 0) is 70.3 Å². The zero-order valence-electron chi connectivity index (χ0n) is 26.4. The Bertz CT molecular complexity index is 2430. The zero-order chi connectivity index (χ0) is 32.4. The van der Waals surface area contributed by atoms with Gasteiger partial charge in [0.25, 0.3) is 0 Å². The molecular weight excluding hydrogens is 617 g/mol. The van der Waals surface area contributed by atoms with Crippen LogP contribution in [0.25, 0.3) is 54.8 Å². The van der Waals surface area contributed by atoms with Crippen LogP contribution in [-0.4, -0.2) is 9.97 Å². The summed E-state index contributed by atoms with van der Waals surface area (Å²) in [4.78, 5) is 12.3. The number of fused-ring (bicyclic) bond motifs is 9. The molecule has 4 heteroatoms. The number of rotatable bonds is 4. The molecule has 2 aromatic heterocycles. The predicted octanol–water partition coefficient (Wildman–Crippen LogP) is 11.7. The number of thiophene rings is 1. The van der Waals surface area contributed by atoms with Crippen molar-refractivity contribution < 1.29 is 4.74 Å². The minimum Gasteiger partial charge on any atom is -0.457 e. The van der Waals surface area contributed by atoms with Crippen molar-refractivity contribution in [2.45, 2.75) is 5.41 Å². The third kappa shape index (κ3) is 4.28. The summed E-state index contributed by atoms with van der Waals surface area (Å²) in [6, 6.07) is 60.0. The molecule has 0 unspecified atom stereocenters. The number of nitrogens with zero attached hydrogens (tertiary/aromatic N) is 2. The third-order valence-corrected chi connectivity index (χ3v) is 11.0. The van der Waals surface area contributed by atoms with Crippen molar-refractivity contribution in [3.63, 3.8) is 0 Å². The molecule has 1 aliphatic carbocycles. The quantitative estimate of drug-likeness (QED) is 0.191. The highest BCUT2D eigenvalue weighted by atomic mass is 32.1. The van der Waals surface area contributed by atoms with Crippen LogP contribution in [0.3, 0.4) is 0 Å². The molecule has 1 spiro atoms. The van der Waals surface area contributed by atoms with E-state index in [-0.39, 0.29) is 0 Å².